The summed E-state index contributed by atoms with van der Waals surface area (Å²) in [7, 11) is 0. The molecule has 0 aromatic heterocycles. The van der Waals surface area contributed by atoms with Crippen LogP contribution in [-0.2, 0) is 0 Å². The van der Waals surface area contributed by atoms with E-state index in [1.54, 1.807) is 0 Å². The molecular weight excluding hydrogens is 250 g/mol. The van der Waals surface area contributed by atoms with Crippen LogP contribution in [0.3, 0.4) is 0 Å². The Balaban J connectivity index is 0.00000144. The first-order chi connectivity index (χ1) is 5.93. The summed E-state index contributed by atoms with van der Waals surface area (Å²) >= 11 is 1.91. The van der Waals surface area contributed by atoms with Crippen LogP contribution >= 0.6 is 11.8 Å². The Morgan fingerprint density at radius 3 is 2.62 bits per heavy atom. The summed E-state index contributed by atoms with van der Waals surface area (Å²) in [4.78, 5) is 2.46. The topological polar surface area (TPSA) is 23.5 Å². The van der Waals surface area contributed by atoms with Gasteiger partial charge in [0.2, 0.25) is 0 Å². The van der Waals surface area contributed by atoms with Gasteiger partial charge in [0.25, 0.3) is 0 Å². The maximum absolute atomic E-state index is 8.56. The zero-order valence-electron chi connectivity index (χ0n) is 7.91. The minimum absolute atomic E-state index is 0. The molecule has 0 radical (unpaired) electrons. The number of unbranched alkanes of at least 4 members (excludes halogenated alkanes) is 3. The fourth-order valence-electron chi connectivity index (χ4n) is 1.33. The molecule has 0 amide bonds. The Hall–Kier alpha value is 0.620. The second-order valence-electron chi connectivity index (χ2n) is 3.18. The van der Waals surface area contributed by atoms with Crippen LogP contribution in [0.1, 0.15) is 25.7 Å². The zero-order valence-corrected chi connectivity index (χ0v) is 10.3. The van der Waals surface area contributed by atoms with E-state index in [0.29, 0.717) is 6.61 Å². The molecule has 0 bridgehead atoms. The normalized spacial score (nSPS) is 16.7. The number of hydrogen-bond acceptors (Lipinski definition) is 3. The third-order valence-corrected chi connectivity index (χ3v) is 2.99. The first kappa shape index (κ1) is 13.6. The highest BCUT2D eigenvalue weighted by Gasteiger charge is 2.19. The minimum Gasteiger partial charge on any atom is -1.00 e. The van der Waals surface area contributed by atoms with Gasteiger partial charge in [-0.1, -0.05) is 12.8 Å². The van der Waals surface area contributed by atoms with Gasteiger partial charge in [0.1, 0.15) is 0 Å². The highest BCUT2D eigenvalue weighted by Crippen LogP contribution is 2.18. The highest BCUT2D eigenvalue weighted by atomic mass is 79.9. The average Bonchev–Trinajstić information content (AvgIpc) is 2.57. The molecule has 1 N–H and O–H groups in total. The molecule has 2 nitrogen and oxygen atoms in total. The third-order valence-electron chi connectivity index (χ3n) is 2.09. The molecule has 0 aliphatic carbocycles. The van der Waals surface area contributed by atoms with Gasteiger partial charge in [-0.25, -0.2) is 0 Å². The van der Waals surface area contributed by atoms with E-state index in [4.69, 9.17) is 5.11 Å². The maximum atomic E-state index is 8.56. The Kier molecular flexibility index (Phi) is 9.62. The van der Waals surface area contributed by atoms with Gasteiger partial charge in [0.15, 0.2) is 12.3 Å². The molecule has 1 heterocycles. The number of aliphatic hydroxyl groups excluding tert-OH is 1. The number of nitrogens with zero attached hydrogens (tertiary/aromatic N) is 1. The van der Waals surface area contributed by atoms with Crippen molar-refractivity contribution in [3.8, 4) is 0 Å². The molecule has 4 heteroatoms. The smallest absolute Gasteiger partial charge is 0.159 e. The lowest BCUT2D eigenvalue weighted by Crippen LogP contribution is -3.00. The maximum Gasteiger partial charge on any atom is 0.159 e. The van der Waals surface area contributed by atoms with Crippen molar-refractivity contribution in [1.29, 1.82) is 0 Å². The Labute approximate surface area is 95.8 Å². The van der Waals surface area contributed by atoms with Crippen molar-refractivity contribution in [2.75, 3.05) is 25.6 Å². The lowest BCUT2D eigenvalue weighted by molar-refractivity contribution is -0.00000363. The molecular formula is C9H18BrNOS. The van der Waals surface area contributed by atoms with Crippen molar-refractivity contribution in [1.82, 2.24) is 4.90 Å². The standard InChI is InChI=1S/C9H18NOS.BrH/c11-7-4-2-1-3-5-10-6-8-12-9-10;/h8,11H,1-7,9H2;1H/q+1;/p-1. The molecule has 0 atom stereocenters. The predicted molar refractivity (Wildman–Crippen MR) is 53.9 cm³/mol. The van der Waals surface area contributed by atoms with Crippen LogP contribution in [0.15, 0.2) is 0 Å². The Bertz CT molecular complexity index is 110. The van der Waals surface area contributed by atoms with Crippen molar-refractivity contribution in [3.63, 3.8) is 0 Å². The monoisotopic (exact) mass is 267 g/mol. The summed E-state index contributed by atoms with van der Waals surface area (Å²) in [6.45, 7) is 2.74. The zero-order chi connectivity index (χ0) is 8.65. The van der Waals surface area contributed by atoms with Crippen LogP contribution in [0.2, 0.25) is 0 Å². The number of rotatable bonds is 6. The van der Waals surface area contributed by atoms with Crippen LogP contribution in [0.25, 0.3) is 0 Å². The number of hydrogen-bond donors (Lipinski definition) is 1. The van der Waals surface area contributed by atoms with Crippen LogP contribution < -0.4 is 17.0 Å². The highest BCUT2D eigenvalue weighted by molar-refractivity contribution is 8.01. The van der Waals surface area contributed by atoms with Gasteiger partial charge in [-0.05, 0) is 12.8 Å². The lowest BCUT2D eigenvalue weighted by atomic mass is 10.2. The second kappa shape index (κ2) is 9.19. The molecule has 1 rings (SSSR count). The van der Waals surface area contributed by atoms with Crippen LogP contribution in [0.5, 0.6) is 0 Å². The van der Waals surface area contributed by atoms with E-state index >= 15 is 0 Å². The molecule has 13 heavy (non-hydrogen) atoms. The largest absolute Gasteiger partial charge is 1.00 e. The molecule has 1 aliphatic heterocycles. The van der Waals surface area contributed by atoms with E-state index in [9.17, 15) is 0 Å². The van der Waals surface area contributed by atoms with Gasteiger partial charge >= 0.3 is 0 Å². The van der Waals surface area contributed by atoms with E-state index < -0.39 is 0 Å². The SMILES string of the molecule is OCCCCCCN1C[CH+]SC1.[Br-]. The molecule has 0 unspecified atom stereocenters. The molecule has 78 valence electrons. The van der Waals surface area contributed by atoms with Gasteiger partial charge in [-0.2, -0.15) is 0 Å². The quantitative estimate of drug-likeness (QED) is 0.479. The first-order valence-corrected chi connectivity index (χ1v) is 5.75. The van der Waals surface area contributed by atoms with Crippen molar-refractivity contribution >= 4 is 11.8 Å². The molecule has 0 saturated carbocycles. The first-order valence-electron chi connectivity index (χ1n) is 4.70. The summed E-state index contributed by atoms with van der Waals surface area (Å²) < 4.78 is 0. The molecule has 1 fully saturated rings. The summed E-state index contributed by atoms with van der Waals surface area (Å²) in [5.41, 5.74) is 0. The summed E-state index contributed by atoms with van der Waals surface area (Å²) in [5.74, 6) is 3.45. The van der Waals surface area contributed by atoms with Crippen molar-refractivity contribution in [2.45, 2.75) is 25.7 Å². The molecule has 1 aliphatic rings. The van der Waals surface area contributed by atoms with Crippen molar-refractivity contribution in [2.24, 2.45) is 0 Å². The lowest BCUT2D eigenvalue weighted by Gasteiger charge is -2.08. The van der Waals surface area contributed by atoms with Crippen molar-refractivity contribution < 1.29 is 22.1 Å². The number of thioether (sulfide) groups is 1. The van der Waals surface area contributed by atoms with Gasteiger partial charge in [-0.3, -0.25) is 4.90 Å². The average molecular weight is 268 g/mol. The van der Waals surface area contributed by atoms with E-state index in [0.717, 1.165) is 13.0 Å². The van der Waals surface area contributed by atoms with Gasteiger partial charge in [0.05, 0.1) is 17.6 Å². The van der Waals surface area contributed by atoms with Gasteiger partial charge < -0.3 is 22.1 Å². The van der Waals surface area contributed by atoms with Gasteiger partial charge in [-0.15, -0.1) is 0 Å². The fourth-order valence-corrected chi connectivity index (χ4v) is 2.19. The number of aliphatic hydroxyl groups is 1. The van der Waals surface area contributed by atoms with E-state index in [1.807, 2.05) is 11.8 Å². The van der Waals surface area contributed by atoms with Crippen LogP contribution in [0.4, 0.5) is 0 Å². The minimum atomic E-state index is 0. The second-order valence-corrected chi connectivity index (χ2v) is 4.10. The van der Waals surface area contributed by atoms with Gasteiger partial charge in [0, 0.05) is 13.2 Å². The molecule has 0 aromatic rings. The molecule has 1 saturated heterocycles. The fraction of sp³-hybridized carbons (Fsp3) is 0.889. The van der Waals surface area contributed by atoms with E-state index in [-0.39, 0.29) is 17.0 Å². The molecule has 0 aromatic carbocycles. The predicted octanol–water partition coefficient (Wildman–Crippen LogP) is -1.29. The van der Waals surface area contributed by atoms with Crippen LogP contribution in [-0.4, -0.2) is 35.6 Å². The van der Waals surface area contributed by atoms with E-state index in [2.05, 4.69) is 10.7 Å². The summed E-state index contributed by atoms with van der Waals surface area (Å²) in [6, 6.07) is 0. The molecule has 0 spiro atoms. The Morgan fingerprint density at radius 1 is 1.23 bits per heavy atom. The van der Waals surface area contributed by atoms with Crippen LogP contribution in [0, 0.1) is 5.75 Å². The summed E-state index contributed by atoms with van der Waals surface area (Å²) in [5, 5.41) is 8.56. The summed E-state index contributed by atoms with van der Waals surface area (Å²) in [6.07, 6.45) is 4.71. The van der Waals surface area contributed by atoms with E-state index in [1.165, 1.54) is 31.7 Å². The number of halogens is 1. The third kappa shape index (κ3) is 6.66. The Morgan fingerprint density at radius 2 is 2.00 bits per heavy atom. The van der Waals surface area contributed by atoms with Crippen molar-refractivity contribution in [3.05, 3.63) is 5.75 Å².